The fourth-order valence-electron chi connectivity index (χ4n) is 1.98. The van der Waals surface area contributed by atoms with E-state index in [1.165, 1.54) is 57.8 Å². The zero-order valence-corrected chi connectivity index (χ0v) is 11.8. The minimum absolute atomic E-state index is 0.0223. The predicted octanol–water partition coefficient (Wildman–Crippen LogP) is 4.22. The molecule has 0 aromatic rings. The largest absolute Gasteiger partial charge is 0.477 e. The van der Waals surface area contributed by atoms with Gasteiger partial charge in [0.25, 0.3) is 0 Å². The minimum Gasteiger partial charge on any atom is -0.477 e. The summed E-state index contributed by atoms with van der Waals surface area (Å²) in [6.45, 7) is 2.24. The van der Waals surface area contributed by atoms with Crippen LogP contribution in [0.3, 0.4) is 0 Å². The van der Waals surface area contributed by atoms with Crippen LogP contribution in [0, 0.1) is 0 Å². The van der Waals surface area contributed by atoms with Gasteiger partial charge in [-0.15, -0.1) is 0 Å². The average molecular weight is 255 g/mol. The number of allylic oxidation sites excluding steroid dienone is 1. The lowest BCUT2D eigenvalue weighted by molar-refractivity contribution is -0.132. The van der Waals surface area contributed by atoms with Gasteiger partial charge >= 0.3 is 5.97 Å². The normalized spacial score (nSPS) is 11.7. The predicted molar refractivity (Wildman–Crippen MR) is 76.4 cm³/mol. The second-order valence-electron chi connectivity index (χ2n) is 4.94. The van der Waals surface area contributed by atoms with E-state index in [0.29, 0.717) is 0 Å². The van der Waals surface area contributed by atoms with E-state index >= 15 is 0 Å². The number of aliphatic carboxylic acids is 1. The molecule has 0 aromatic carbocycles. The number of hydrogen-bond donors (Lipinski definition) is 2. The molecule has 0 aliphatic carbocycles. The third-order valence-electron chi connectivity index (χ3n) is 3.17. The van der Waals surface area contributed by atoms with E-state index in [2.05, 4.69) is 6.92 Å². The van der Waals surface area contributed by atoms with Crippen LogP contribution in [-0.4, -0.2) is 11.1 Å². The molecule has 0 saturated heterocycles. The van der Waals surface area contributed by atoms with Crippen molar-refractivity contribution in [1.29, 1.82) is 0 Å². The molecule has 106 valence electrons. The van der Waals surface area contributed by atoms with Gasteiger partial charge in [-0.1, -0.05) is 70.8 Å². The van der Waals surface area contributed by atoms with E-state index in [-0.39, 0.29) is 5.70 Å². The quantitative estimate of drug-likeness (QED) is 0.405. The lowest BCUT2D eigenvalue weighted by Gasteiger charge is -2.01. The van der Waals surface area contributed by atoms with Gasteiger partial charge in [-0.2, -0.15) is 0 Å². The second kappa shape index (κ2) is 12.5. The Bertz CT molecular complexity index is 237. The van der Waals surface area contributed by atoms with E-state index in [9.17, 15) is 4.79 Å². The summed E-state index contributed by atoms with van der Waals surface area (Å²) in [7, 11) is 0. The first-order chi connectivity index (χ1) is 8.68. The van der Waals surface area contributed by atoms with Crippen molar-refractivity contribution < 1.29 is 9.90 Å². The summed E-state index contributed by atoms with van der Waals surface area (Å²) in [5.74, 6) is -1.01. The smallest absolute Gasteiger partial charge is 0.351 e. The van der Waals surface area contributed by atoms with Gasteiger partial charge in [-0.3, -0.25) is 0 Å². The van der Waals surface area contributed by atoms with Crippen LogP contribution in [0.25, 0.3) is 0 Å². The summed E-state index contributed by atoms with van der Waals surface area (Å²) in [4.78, 5) is 10.4. The summed E-state index contributed by atoms with van der Waals surface area (Å²) in [6.07, 6.45) is 15.4. The molecule has 0 atom stereocenters. The highest BCUT2D eigenvalue weighted by atomic mass is 16.4. The third-order valence-corrected chi connectivity index (χ3v) is 3.17. The Hall–Kier alpha value is -0.990. The first kappa shape index (κ1) is 17.0. The van der Waals surface area contributed by atoms with Gasteiger partial charge < -0.3 is 10.8 Å². The van der Waals surface area contributed by atoms with Crippen molar-refractivity contribution in [2.75, 3.05) is 0 Å². The number of nitrogens with two attached hydrogens (primary N) is 1. The van der Waals surface area contributed by atoms with Crippen LogP contribution in [0.15, 0.2) is 11.8 Å². The summed E-state index contributed by atoms with van der Waals surface area (Å²) in [5.41, 5.74) is 5.28. The number of hydrogen-bond acceptors (Lipinski definition) is 2. The maximum atomic E-state index is 10.4. The Balaban J connectivity index is 3.17. The molecule has 0 rings (SSSR count). The van der Waals surface area contributed by atoms with Gasteiger partial charge in [0.1, 0.15) is 5.70 Å². The van der Waals surface area contributed by atoms with Crippen LogP contribution >= 0.6 is 0 Å². The Labute approximate surface area is 111 Å². The Morgan fingerprint density at radius 1 is 0.944 bits per heavy atom. The molecule has 0 aliphatic heterocycles. The number of unbranched alkanes of at least 4 members (excludes halogenated alkanes) is 10. The van der Waals surface area contributed by atoms with Gasteiger partial charge in [0.15, 0.2) is 0 Å². The van der Waals surface area contributed by atoms with E-state index in [1.807, 2.05) is 0 Å². The van der Waals surface area contributed by atoms with Crippen LogP contribution in [-0.2, 0) is 4.79 Å². The molecule has 3 heteroatoms. The van der Waals surface area contributed by atoms with Crippen molar-refractivity contribution in [2.45, 2.75) is 77.6 Å². The van der Waals surface area contributed by atoms with Crippen LogP contribution < -0.4 is 5.73 Å². The molecule has 3 N–H and O–H groups in total. The SMILES string of the molecule is CCCCCCCCCCCCC=C(N)C(=O)O. The Kier molecular flexibility index (Phi) is 11.8. The van der Waals surface area contributed by atoms with Crippen molar-refractivity contribution in [2.24, 2.45) is 5.73 Å². The maximum absolute atomic E-state index is 10.4. The van der Waals surface area contributed by atoms with Gasteiger partial charge in [0, 0.05) is 0 Å². The molecule has 0 spiro atoms. The molecule has 0 saturated carbocycles. The average Bonchev–Trinajstić information content (AvgIpc) is 2.35. The summed E-state index contributed by atoms with van der Waals surface area (Å²) < 4.78 is 0. The number of carbonyl (C=O) groups is 1. The lowest BCUT2D eigenvalue weighted by Crippen LogP contribution is -2.09. The first-order valence-corrected chi connectivity index (χ1v) is 7.37. The molecule has 0 heterocycles. The van der Waals surface area contributed by atoms with Crippen molar-refractivity contribution in [3.8, 4) is 0 Å². The number of carboxylic acid groups (broad SMARTS) is 1. The van der Waals surface area contributed by atoms with Gasteiger partial charge in [0.05, 0.1) is 0 Å². The topological polar surface area (TPSA) is 63.3 Å². The first-order valence-electron chi connectivity index (χ1n) is 7.37. The molecule has 0 aromatic heterocycles. The highest BCUT2D eigenvalue weighted by Crippen LogP contribution is 2.11. The Morgan fingerprint density at radius 2 is 1.39 bits per heavy atom. The van der Waals surface area contributed by atoms with Crippen molar-refractivity contribution >= 4 is 5.97 Å². The second-order valence-corrected chi connectivity index (χ2v) is 4.94. The fraction of sp³-hybridized carbons (Fsp3) is 0.800. The molecule has 0 fully saturated rings. The molecular formula is C15H29NO2. The van der Waals surface area contributed by atoms with Gasteiger partial charge in [0.2, 0.25) is 0 Å². The highest BCUT2D eigenvalue weighted by molar-refractivity contribution is 5.85. The summed E-state index contributed by atoms with van der Waals surface area (Å²) in [6, 6.07) is 0. The lowest BCUT2D eigenvalue weighted by atomic mass is 10.1. The molecule has 0 amide bonds. The molecule has 18 heavy (non-hydrogen) atoms. The van der Waals surface area contributed by atoms with Crippen LogP contribution in [0.4, 0.5) is 0 Å². The van der Waals surface area contributed by atoms with Crippen molar-refractivity contribution in [3.05, 3.63) is 11.8 Å². The Morgan fingerprint density at radius 3 is 1.83 bits per heavy atom. The minimum atomic E-state index is -1.01. The van der Waals surface area contributed by atoms with Crippen LogP contribution in [0.2, 0.25) is 0 Å². The zero-order chi connectivity index (χ0) is 13.6. The van der Waals surface area contributed by atoms with Crippen molar-refractivity contribution in [1.82, 2.24) is 0 Å². The monoisotopic (exact) mass is 255 g/mol. The number of rotatable bonds is 12. The van der Waals surface area contributed by atoms with Crippen LogP contribution in [0.1, 0.15) is 77.6 Å². The van der Waals surface area contributed by atoms with E-state index < -0.39 is 5.97 Å². The van der Waals surface area contributed by atoms with E-state index in [4.69, 9.17) is 10.8 Å². The molecule has 0 unspecified atom stereocenters. The molecule has 0 radical (unpaired) electrons. The van der Waals surface area contributed by atoms with Gasteiger partial charge in [-0.05, 0) is 12.8 Å². The molecule has 0 aliphatic rings. The highest BCUT2D eigenvalue weighted by Gasteiger charge is 1.98. The maximum Gasteiger partial charge on any atom is 0.351 e. The van der Waals surface area contributed by atoms with E-state index in [1.54, 1.807) is 6.08 Å². The third kappa shape index (κ3) is 11.5. The van der Waals surface area contributed by atoms with Crippen LogP contribution in [0.5, 0.6) is 0 Å². The van der Waals surface area contributed by atoms with E-state index in [0.717, 1.165) is 12.8 Å². The van der Waals surface area contributed by atoms with Crippen molar-refractivity contribution in [3.63, 3.8) is 0 Å². The molecule has 0 bridgehead atoms. The molecule has 3 nitrogen and oxygen atoms in total. The fourth-order valence-corrected chi connectivity index (χ4v) is 1.98. The van der Waals surface area contributed by atoms with Gasteiger partial charge in [-0.25, -0.2) is 4.79 Å². The summed E-state index contributed by atoms with van der Waals surface area (Å²) >= 11 is 0. The zero-order valence-electron chi connectivity index (χ0n) is 11.8. The standard InChI is InChI=1S/C15H29NO2/c1-2-3-4-5-6-7-8-9-10-11-12-13-14(16)15(17)18/h13H,2-12,16H2,1H3,(H,17,18). The molecular weight excluding hydrogens is 226 g/mol. The summed E-state index contributed by atoms with van der Waals surface area (Å²) in [5, 5.41) is 8.55. The number of carboxylic acids is 1.